The topological polar surface area (TPSA) is 37.3 Å². The average Bonchev–Trinajstić information content (AvgIpc) is 2.20. The van der Waals surface area contributed by atoms with E-state index in [4.69, 9.17) is 0 Å². The summed E-state index contributed by atoms with van der Waals surface area (Å²) in [5.41, 5.74) is 0.901. The van der Waals surface area contributed by atoms with Gasteiger partial charge in [-0.25, -0.2) is 0 Å². The quantitative estimate of drug-likeness (QED) is 0.760. The summed E-state index contributed by atoms with van der Waals surface area (Å²) in [4.78, 5) is 11.8. The Morgan fingerprint density at radius 2 is 2.06 bits per heavy atom. The van der Waals surface area contributed by atoms with Gasteiger partial charge in [0.25, 0.3) is 0 Å². The molecule has 0 saturated heterocycles. The highest BCUT2D eigenvalue weighted by Crippen LogP contribution is 2.47. The van der Waals surface area contributed by atoms with Crippen molar-refractivity contribution in [3.63, 3.8) is 0 Å². The van der Waals surface area contributed by atoms with E-state index in [1.54, 1.807) is 0 Å². The van der Waals surface area contributed by atoms with Crippen LogP contribution in [-0.2, 0) is 4.79 Å². The van der Waals surface area contributed by atoms with Crippen LogP contribution in [0.5, 0.6) is 0 Å². The van der Waals surface area contributed by atoms with Crippen LogP contribution >= 0.6 is 0 Å². The summed E-state index contributed by atoms with van der Waals surface area (Å²) in [5, 5.41) is 10.3. The number of hydrogen-bond acceptors (Lipinski definition) is 2. The van der Waals surface area contributed by atoms with Crippen molar-refractivity contribution in [3.8, 4) is 0 Å². The average molecular weight is 236 g/mol. The Labute approximate surface area is 104 Å². The van der Waals surface area contributed by atoms with Crippen LogP contribution in [0.25, 0.3) is 0 Å². The molecule has 1 fully saturated rings. The zero-order valence-electron chi connectivity index (χ0n) is 11.3. The van der Waals surface area contributed by atoms with Crippen molar-refractivity contribution in [2.75, 3.05) is 0 Å². The first-order chi connectivity index (χ1) is 7.91. The maximum Gasteiger partial charge on any atom is 0.158 e. The molecule has 2 heteroatoms. The summed E-state index contributed by atoms with van der Waals surface area (Å²) >= 11 is 0. The predicted molar refractivity (Wildman–Crippen MR) is 68.5 cm³/mol. The number of carbonyl (C=O) groups is 1. The minimum Gasteiger partial charge on any atom is -0.393 e. The van der Waals surface area contributed by atoms with Crippen LogP contribution in [0.4, 0.5) is 0 Å². The molecule has 0 radical (unpaired) electrons. The minimum atomic E-state index is -0.205. The number of allylic oxidation sites excluding steroid dienone is 2. The van der Waals surface area contributed by atoms with Gasteiger partial charge in [-0.2, -0.15) is 0 Å². The Morgan fingerprint density at radius 1 is 1.41 bits per heavy atom. The number of aliphatic hydroxyl groups excluding tert-OH is 1. The van der Waals surface area contributed by atoms with E-state index in [0.29, 0.717) is 41.8 Å². The lowest BCUT2D eigenvalue weighted by molar-refractivity contribution is -0.120. The third-order valence-corrected chi connectivity index (χ3v) is 4.80. The van der Waals surface area contributed by atoms with Crippen LogP contribution in [0, 0.1) is 29.6 Å². The number of carbonyl (C=O) groups excluding carboxylic acids is 1. The second-order valence-corrected chi connectivity index (χ2v) is 6.32. The Kier molecular flexibility index (Phi) is 3.44. The molecule has 5 atom stereocenters. The summed E-state index contributed by atoms with van der Waals surface area (Å²) in [6.07, 6.45) is 3.47. The van der Waals surface area contributed by atoms with Gasteiger partial charge < -0.3 is 5.11 Å². The molecular weight excluding hydrogens is 212 g/mol. The molecule has 0 bridgehead atoms. The number of hydrogen-bond donors (Lipinski definition) is 1. The summed E-state index contributed by atoms with van der Waals surface area (Å²) < 4.78 is 0. The van der Waals surface area contributed by atoms with E-state index < -0.39 is 0 Å². The second kappa shape index (κ2) is 4.56. The van der Waals surface area contributed by atoms with Gasteiger partial charge in [-0.3, -0.25) is 4.79 Å². The molecule has 0 aromatic rings. The molecule has 1 N–H and O–H groups in total. The SMILES string of the molecule is CC1=C[C@H]2[C@@H](CC1=O)[C@H](C)C[C@@H](O)[C@H]2C(C)C. The Bertz CT molecular complexity index is 343. The van der Waals surface area contributed by atoms with Crippen LogP contribution < -0.4 is 0 Å². The van der Waals surface area contributed by atoms with Gasteiger partial charge in [0, 0.05) is 6.42 Å². The number of ketones is 1. The fourth-order valence-corrected chi connectivity index (χ4v) is 3.85. The zero-order valence-corrected chi connectivity index (χ0v) is 11.3. The first kappa shape index (κ1) is 12.8. The van der Waals surface area contributed by atoms with Crippen LogP contribution in [0.3, 0.4) is 0 Å². The fraction of sp³-hybridized carbons (Fsp3) is 0.800. The molecule has 0 aliphatic heterocycles. The second-order valence-electron chi connectivity index (χ2n) is 6.32. The van der Waals surface area contributed by atoms with Crippen LogP contribution in [-0.4, -0.2) is 17.0 Å². The highest BCUT2D eigenvalue weighted by Gasteiger charge is 2.45. The molecule has 0 aromatic heterocycles. The lowest BCUT2D eigenvalue weighted by Gasteiger charge is -2.47. The van der Waals surface area contributed by atoms with Gasteiger partial charge in [0.15, 0.2) is 5.78 Å². The van der Waals surface area contributed by atoms with Gasteiger partial charge in [-0.1, -0.05) is 26.8 Å². The molecule has 17 heavy (non-hydrogen) atoms. The fourth-order valence-electron chi connectivity index (χ4n) is 3.85. The van der Waals surface area contributed by atoms with E-state index in [1.807, 2.05) is 6.92 Å². The summed E-state index contributed by atoms with van der Waals surface area (Å²) in [7, 11) is 0. The maximum atomic E-state index is 11.8. The number of fused-ring (bicyclic) bond motifs is 1. The van der Waals surface area contributed by atoms with Gasteiger partial charge in [-0.15, -0.1) is 0 Å². The molecule has 1 saturated carbocycles. The molecule has 96 valence electrons. The van der Waals surface area contributed by atoms with Crippen LogP contribution in [0.1, 0.15) is 40.5 Å². The van der Waals surface area contributed by atoms with Crippen LogP contribution in [0.15, 0.2) is 11.6 Å². The molecule has 2 rings (SSSR count). The molecular formula is C15H24O2. The summed E-state index contributed by atoms with van der Waals surface area (Å²) in [6.45, 7) is 8.46. The van der Waals surface area contributed by atoms with Crippen molar-refractivity contribution in [1.82, 2.24) is 0 Å². The third kappa shape index (κ3) is 2.20. The lowest BCUT2D eigenvalue weighted by Crippen LogP contribution is -2.46. The van der Waals surface area contributed by atoms with Crippen LogP contribution in [0.2, 0.25) is 0 Å². The normalized spacial score (nSPS) is 42.4. The van der Waals surface area contributed by atoms with Gasteiger partial charge in [0.2, 0.25) is 0 Å². The molecule has 2 aliphatic carbocycles. The summed E-state index contributed by atoms with van der Waals surface area (Å²) in [6, 6.07) is 0. The van der Waals surface area contributed by atoms with Crippen molar-refractivity contribution in [2.45, 2.75) is 46.6 Å². The van der Waals surface area contributed by atoms with Gasteiger partial charge in [0.05, 0.1) is 6.10 Å². The first-order valence-electron chi connectivity index (χ1n) is 6.81. The predicted octanol–water partition coefficient (Wildman–Crippen LogP) is 2.81. The van der Waals surface area contributed by atoms with E-state index in [1.165, 1.54) is 0 Å². The number of rotatable bonds is 1. The van der Waals surface area contributed by atoms with Gasteiger partial charge in [-0.05, 0) is 48.5 Å². The molecule has 0 heterocycles. The van der Waals surface area contributed by atoms with Crippen molar-refractivity contribution in [3.05, 3.63) is 11.6 Å². The third-order valence-electron chi connectivity index (χ3n) is 4.80. The van der Waals surface area contributed by atoms with Gasteiger partial charge in [0.1, 0.15) is 0 Å². The molecule has 2 nitrogen and oxygen atoms in total. The van der Waals surface area contributed by atoms with E-state index in [9.17, 15) is 9.90 Å². The van der Waals surface area contributed by atoms with E-state index >= 15 is 0 Å². The van der Waals surface area contributed by atoms with Crippen molar-refractivity contribution in [1.29, 1.82) is 0 Å². The first-order valence-corrected chi connectivity index (χ1v) is 6.81. The van der Waals surface area contributed by atoms with Crippen molar-refractivity contribution >= 4 is 5.78 Å². The highest BCUT2D eigenvalue weighted by atomic mass is 16.3. The molecule has 0 aromatic carbocycles. The molecule has 0 amide bonds. The minimum absolute atomic E-state index is 0.205. The monoisotopic (exact) mass is 236 g/mol. The zero-order chi connectivity index (χ0) is 12.7. The smallest absolute Gasteiger partial charge is 0.158 e. The maximum absolute atomic E-state index is 11.8. The number of aliphatic hydroxyl groups is 1. The van der Waals surface area contributed by atoms with E-state index in [0.717, 1.165) is 12.0 Å². The Balaban J connectivity index is 2.34. The molecule has 2 aliphatic rings. The summed E-state index contributed by atoms with van der Waals surface area (Å²) in [5.74, 6) is 2.39. The van der Waals surface area contributed by atoms with E-state index in [2.05, 4.69) is 26.8 Å². The molecule has 0 unspecified atom stereocenters. The van der Waals surface area contributed by atoms with Crippen molar-refractivity contribution < 1.29 is 9.90 Å². The lowest BCUT2D eigenvalue weighted by atomic mass is 9.59. The highest BCUT2D eigenvalue weighted by molar-refractivity contribution is 5.95. The number of Topliss-reactive ketones (excluding diaryl/α,β-unsaturated/α-hetero) is 1. The van der Waals surface area contributed by atoms with Gasteiger partial charge >= 0.3 is 0 Å². The largest absolute Gasteiger partial charge is 0.393 e. The standard InChI is InChI=1S/C15H24O2/c1-8(2)15-12-5-10(4)13(16)7-11(12)9(3)6-14(15)17/h5,8-9,11-12,14-15,17H,6-7H2,1-4H3/t9-,11+,12+,14-,15+/m1/s1. The van der Waals surface area contributed by atoms with Crippen molar-refractivity contribution in [2.24, 2.45) is 29.6 Å². The Morgan fingerprint density at radius 3 is 2.65 bits per heavy atom. The molecule has 0 spiro atoms. The van der Waals surface area contributed by atoms with E-state index in [-0.39, 0.29) is 6.10 Å². The Hall–Kier alpha value is -0.630.